The molecule has 1 atom stereocenters. The molecular formula is C16H17Cl2NO. The highest BCUT2D eigenvalue weighted by Gasteiger charge is 2.15. The number of hydrogen-bond donors (Lipinski definition) is 1. The normalized spacial score (nSPS) is 12.2. The summed E-state index contributed by atoms with van der Waals surface area (Å²) < 4.78 is 5.14. The third-order valence-corrected chi connectivity index (χ3v) is 3.99. The van der Waals surface area contributed by atoms with Crippen molar-refractivity contribution >= 4 is 23.2 Å². The Balaban J connectivity index is 2.28. The minimum atomic E-state index is -0.202. The molecule has 0 aliphatic rings. The van der Waals surface area contributed by atoms with Crippen LogP contribution in [0.2, 0.25) is 10.0 Å². The van der Waals surface area contributed by atoms with E-state index < -0.39 is 0 Å². The van der Waals surface area contributed by atoms with Crippen LogP contribution in [-0.4, -0.2) is 7.11 Å². The molecule has 0 aromatic heterocycles. The highest BCUT2D eigenvalue weighted by molar-refractivity contribution is 6.34. The largest absolute Gasteiger partial charge is 0.495 e. The fourth-order valence-electron chi connectivity index (χ4n) is 2.17. The highest BCUT2D eigenvalue weighted by atomic mass is 35.5. The predicted octanol–water partition coefficient (Wildman–Crippen LogP) is 4.55. The second kappa shape index (κ2) is 6.49. The van der Waals surface area contributed by atoms with Gasteiger partial charge in [0.25, 0.3) is 0 Å². The number of nitrogens with two attached hydrogens (primary N) is 1. The van der Waals surface area contributed by atoms with Gasteiger partial charge in [-0.05, 0) is 36.1 Å². The van der Waals surface area contributed by atoms with Crippen molar-refractivity contribution in [3.05, 3.63) is 63.1 Å². The zero-order valence-electron chi connectivity index (χ0n) is 11.5. The van der Waals surface area contributed by atoms with E-state index in [9.17, 15) is 0 Å². The van der Waals surface area contributed by atoms with Crippen molar-refractivity contribution in [1.82, 2.24) is 0 Å². The van der Waals surface area contributed by atoms with Crippen LogP contribution >= 0.6 is 23.2 Å². The first kappa shape index (κ1) is 15.2. The second-order valence-electron chi connectivity index (χ2n) is 4.75. The minimum Gasteiger partial charge on any atom is -0.495 e. The average molecular weight is 310 g/mol. The second-order valence-corrected chi connectivity index (χ2v) is 5.56. The summed E-state index contributed by atoms with van der Waals surface area (Å²) in [6, 6.07) is 11.5. The van der Waals surface area contributed by atoms with Crippen LogP contribution in [0.15, 0.2) is 36.4 Å². The van der Waals surface area contributed by atoms with Crippen LogP contribution in [0.25, 0.3) is 0 Å². The lowest BCUT2D eigenvalue weighted by Crippen LogP contribution is -2.14. The van der Waals surface area contributed by atoms with Crippen LogP contribution in [0.4, 0.5) is 0 Å². The van der Waals surface area contributed by atoms with Crippen LogP contribution in [0.3, 0.4) is 0 Å². The Kier molecular flexibility index (Phi) is 4.92. The summed E-state index contributed by atoms with van der Waals surface area (Å²) in [6.45, 7) is 2.07. The molecule has 2 aromatic rings. The number of methoxy groups -OCH3 is 1. The lowest BCUT2D eigenvalue weighted by molar-refractivity contribution is 0.415. The molecule has 0 spiro atoms. The molecule has 2 aromatic carbocycles. The molecule has 0 aliphatic heterocycles. The fourth-order valence-corrected chi connectivity index (χ4v) is 2.71. The van der Waals surface area contributed by atoms with Crippen molar-refractivity contribution in [1.29, 1.82) is 0 Å². The van der Waals surface area contributed by atoms with E-state index in [2.05, 4.69) is 19.1 Å². The fraction of sp³-hybridized carbons (Fsp3) is 0.250. The molecule has 0 fully saturated rings. The Labute approximate surface area is 129 Å². The molecule has 4 heteroatoms. The lowest BCUT2D eigenvalue weighted by atomic mass is 9.96. The summed E-state index contributed by atoms with van der Waals surface area (Å²) >= 11 is 12.4. The number of aryl methyl sites for hydroxylation is 1. The Morgan fingerprint density at radius 3 is 2.50 bits per heavy atom. The van der Waals surface area contributed by atoms with Crippen LogP contribution in [0.5, 0.6) is 5.75 Å². The first-order valence-corrected chi connectivity index (χ1v) is 7.11. The molecule has 20 heavy (non-hydrogen) atoms. The monoisotopic (exact) mass is 309 g/mol. The van der Waals surface area contributed by atoms with Gasteiger partial charge in [-0.15, -0.1) is 0 Å². The Hall–Kier alpha value is -1.22. The van der Waals surface area contributed by atoms with Crippen LogP contribution in [-0.2, 0) is 6.42 Å². The smallest absolute Gasteiger partial charge is 0.138 e. The summed E-state index contributed by atoms with van der Waals surface area (Å²) in [4.78, 5) is 0. The van der Waals surface area contributed by atoms with Crippen LogP contribution in [0.1, 0.15) is 22.7 Å². The van der Waals surface area contributed by atoms with Gasteiger partial charge in [0, 0.05) is 17.1 Å². The maximum absolute atomic E-state index is 6.27. The van der Waals surface area contributed by atoms with Crippen molar-refractivity contribution in [2.24, 2.45) is 5.73 Å². The van der Waals surface area contributed by atoms with Gasteiger partial charge in [0.2, 0.25) is 0 Å². The summed E-state index contributed by atoms with van der Waals surface area (Å²) in [5, 5.41) is 1.10. The standard InChI is InChI=1S/C16H17Cl2NO/c1-10-5-3-4-6-11(10)7-15(19)12-8-14(18)16(20-2)9-13(12)17/h3-6,8-9,15H,7,19H2,1-2H3. The van der Waals surface area contributed by atoms with Crippen molar-refractivity contribution < 1.29 is 4.74 Å². The number of ether oxygens (including phenoxy) is 1. The lowest BCUT2D eigenvalue weighted by Gasteiger charge is -2.17. The molecule has 0 saturated carbocycles. The molecule has 0 amide bonds. The summed E-state index contributed by atoms with van der Waals surface area (Å²) in [5.41, 5.74) is 9.54. The van der Waals surface area contributed by atoms with Gasteiger partial charge in [0.05, 0.1) is 12.1 Å². The molecule has 0 radical (unpaired) electrons. The molecule has 106 valence electrons. The summed E-state index contributed by atoms with van der Waals surface area (Å²) in [5.74, 6) is 0.559. The van der Waals surface area contributed by atoms with Gasteiger partial charge in [-0.1, -0.05) is 47.5 Å². The number of halogens is 2. The van der Waals surface area contributed by atoms with Crippen molar-refractivity contribution in [3.63, 3.8) is 0 Å². The maximum atomic E-state index is 6.27. The van der Waals surface area contributed by atoms with E-state index in [1.54, 1.807) is 19.2 Å². The Bertz CT molecular complexity index is 613. The SMILES string of the molecule is COc1cc(Cl)c(C(N)Cc2ccccc2C)cc1Cl. The van der Waals surface area contributed by atoms with Crippen molar-refractivity contribution in [2.45, 2.75) is 19.4 Å². The Morgan fingerprint density at radius 2 is 1.85 bits per heavy atom. The molecular weight excluding hydrogens is 293 g/mol. The van der Waals surface area contributed by atoms with E-state index in [0.29, 0.717) is 15.8 Å². The molecule has 1 unspecified atom stereocenters. The first-order valence-electron chi connectivity index (χ1n) is 6.36. The molecule has 0 saturated heterocycles. The van der Waals surface area contributed by atoms with E-state index in [4.69, 9.17) is 33.7 Å². The number of hydrogen-bond acceptors (Lipinski definition) is 2. The zero-order valence-corrected chi connectivity index (χ0v) is 13.0. The third-order valence-electron chi connectivity index (χ3n) is 3.37. The van der Waals surface area contributed by atoms with Crippen LogP contribution in [0, 0.1) is 6.92 Å². The van der Waals surface area contributed by atoms with Gasteiger partial charge in [0.1, 0.15) is 5.75 Å². The van der Waals surface area contributed by atoms with Crippen molar-refractivity contribution in [3.8, 4) is 5.75 Å². The average Bonchev–Trinajstić information content (AvgIpc) is 2.43. The first-order chi connectivity index (χ1) is 9.52. The van der Waals surface area contributed by atoms with E-state index in [0.717, 1.165) is 12.0 Å². The summed E-state index contributed by atoms with van der Waals surface area (Å²) in [7, 11) is 1.56. The van der Waals surface area contributed by atoms with Gasteiger partial charge < -0.3 is 10.5 Å². The molecule has 2 N–H and O–H groups in total. The highest BCUT2D eigenvalue weighted by Crippen LogP contribution is 2.34. The molecule has 0 heterocycles. The van der Waals surface area contributed by atoms with Gasteiger partial charge in [-0.25, -0.2) is 0 Å². The minimum absolute atomic E-state index is 0.202. The Morgan fingerprint density at radius 1 is 1.15 bits per heavy atom. The molecule has 0 bridgehead atoms. The van der Waals surface area contributed by atoms with Gasteiger partial charge >= 0.3 is 0 Å². The predicted molar refractivity (Wildman–Crippen MR) is 84.8 cm³/mol. The van der Waals surface area contributed by atoms with E-state index in [1.807, 2.05) is 12.1 Å². The topological polar surface area (TPSA) is 35.2 Å². The third kappa shape index (κ3) is 3.26. The van der Waals surface area contributed by atoms with E-state index >= 15 is 0 Å². The van der Waals surface area contributed by atoms with Crippen LogP contribution < -0.4 is 10.5 Å². The van der Waals surface area contributed by atoms with Crippen molar-refractivity contribution in [2.75, 3.05) is 7.11 Å². The zero-order chi connectivity index (χ0) is 14.7. The van der Waals surface area contributed by atoms with E-state index in [-0.39, 0.29) is 6.04 Å². The van der Waals surface area contributed by atoms with Gasteiger partial charge in [-0.3, -0.25) is 0 Å². The molecule has 0 aliphatic carbocycles. The maximum Gasteiger partial charge on any atom is 0.138 e. The summed E-state index contributed by atoms with van der Waals surface area (Å²) in [6.07, 6.45) is 0.717. The quantitative estimate of drug-likeness (QED) is 0.899. The number of rotatable bonds is 4. The van der Waals surface area contributed by atoms with E-state index in [1.165, 1.54) is 11.1 Å². The molecule has 2 nitrogen and oxygen atoms in total. The van der Waals surface area contributed by atoms with Gasteiger partial charge in [-0.2, -0.15) is 0 Å². The van der Waals surface area contributed by atoms with Gasteiger partial charge in [0.15, 0.2) is 0 Å². The molecule has 2 rings (SSSR count). The number of benzene rings is 2.